The van der Waals surface area contributed by atoms with Gasteiger partial charge in [0.2, 0.25) is 5.89 Å². The van der Waals surface area contributed by atoms with Crippen LogP contribution in [0.4, 0.5) is 0 Å². The Morgan fingerprint density at radius 1 is 1.26 bits per heavy atom. The molecule has 0 saturated carbocycles. The minimum Gasteiger partial charge on any atom is -0.498 e. The summed E-state index contributed by atoms with van der Waals surface area (Å²) >= 11 is 0. The lowest BCUT2D eigenvalue weighted by Gasteiger charge is -2.29. The molecule has 2 aliphatic heterocycles. The van der Waals surface area contributed by atoms with Gasteiger partial charge < -0.3 is 19.3 Å². The molecule has 1 atom stereocenters. The van der Waals surface area contributed by atoms with Crippen LogP contribution in [0.25, 0.3) is 0 Å². The van der Waals surface area contributed by atoms with E-state index in [-0.39, 0.29) is 17.9 Å². The van der Waals surface area contributed by atoms with Crippen molar-refractivity contribution >= 4 is 5.91 Å². The summed E-state index contributed by atoms with van der Waals surface area (Å²) in [6, 6.07) is -0.283. The molecule has 1 N–H and O–H groups in total. The average molecular weight is 321 g/mol. The molecule has 1 fully saturated rings. The SMILES string of the molecule is CC1=C(C(=O)N[C@H](c2nc(C)no2)C2CCOCC2)CCCO1. The first-order chi connectivity index (χ1) is 11.1. The number of aromatic nitrogens is 2. The number of amides is 1. The summed E-state index contributed by atoms with van der Waals surface area (Å²) in [7, 11) is 0. The molecular formula is C16H23N3O4. The van der Waals surface area contributed by atoms with E-state index in [4.69, 9.17) is 14.0 Å². The van der Waals surface area contributed by atoms with Crippen LogP contribution in [-0.2, 0) is 14.3 Å². The van der Waals surface area contributed by atoms with Crippen LogP contribution < -0.4 is 5.32 Å². The molecule has 2 aliphatic rings. The highest BCUT2D eigenvalue weighted by Crippen LogP contribution is 2.30. The average Bonchev–Trinajstić information content (AvgIpc) is 3.00. The minimum absolute atomic E-state index is 0.102. The van der Waals surface area contributed by atoms with Crippen molar-refractivity contribution in [3.05, 3.63) is 23.0 Å². The second-order valence-electron chi connectivity index (χ2n) is 6.07. The van der Waals surface area contributed by atoms with Crippen molar-refractivity contribution in [3.8, 4) is 0 Å². The summed E-state index contributed by atoms with van der Waals surface area (Å²) in [5.41, 5.74) is 0.713. The lowest BCUT2D eigenvalue weighted by atomic mass is 9.91. The van der Waals surface area contributed by atoms with Crippen LogP contribution in [0.3, 0.4) is 0 Å². The van der Waals surface area contributed by atoms with E-state index in [1.54, 1.807) is 6.92 Å². The number of nitrogens with zero attached hydrogens (tertiary/aromatic N) is 2. The fourth-order valence-corrected chi connectivity index (χ4v) is 3.11. The standard InChI is InChI=1S/C16H23N3O4/c1-10-13(4-3-7-22-10)15(20)18-14(12-5-8-21-9-6-12)16-17-11(2)19-23-16/h12,14H,3-9H2,1-2H3,(H,18,20)/t14-/m0/s1. The van der Waals surface area contributed by atoms with Crippen molar-refractivity contribution in [1.82, 2.24) is 15.5 Å². The van der Waals surface area contributed by atoms with Crippen LogP contribution in [0, 0.1) is 12.8 Å². The van der Waals surface area contributed by atoms with E-state index >= 15 is 0 Å². The molecule has 3 heterocycles. The predicted octanol–water partition coefficient (Wildman–Crippen LogP) is 2.05. The number of carbonyl (C=O) groups excluding carboxylic acids is 1. The molecule has 1 aromatic rings. The second kappa shape index (κ2) is 7.12. The molecule has 23 heavy (non-hydrogen) atoms. The van der Waals surface area contributed by atoms with E-state index < -0.39 is 0 Å². The molecule has 0 unspecified atom stereocenters. The molecule has 3 rings (SSSR count). The third-order valence-electron chi connectivity index (χ3n) is 4.42. The lowest BCUT2D eigenvalue weighted by molar-refractivity contribution is -0.119. The van der Waals surface area contributed by atoms with Gasteiger partial charge in [-0.2, -0.15) is 4.98 Å². The zero-order valence-corrected chi connectivity index (χ0v) is 13.6. The van der Waals surface area contributed by atoms with Crippen LogP contribution in [0.1, 0.15) is 50.4 Å². The van der Waals surface area contributed by atoms with E-state index in [1.807, 2.05) is 6.92 Å². The number of allylic oxidation sites excluding steroid dienone is 1. The number of aryl methyl sites for hydroxylation is 1. The van der Waals surface area contributed by atoms with Crippen molar-refractivity contribution in [2.45, 2.75) is 45.6 Å². The summed E-state index contributed by atoms with van der Waals surface area (Å²) in [5, 5.41) is 6.95. The first kappa shape index (κ1) is 16.0. The maximum atomic E-state index is 12.7. The Labute approximate surface area is 135 Å². The molecule has 0 bridgehead atoms. The van der Waals surface area contributed by atoms with Crippen molar-refractivity contribution in [1.29, 1.82) is 0 Å². The number of ether oxygens (including phenoxy) is 2. The molecule has 1 saturated heterocycles. The van der Waals surface area contributed by atoms with E-state index in [0.29, 0.717) is 42.9 Å². The van der Waals surface area contributed by atoms with E-state index in [0.717, 1.165) is 25.7 Å². The topological polar surface area (TPSA) is 86.5 Å². The second-order valence-corrected chi connectivity index (χ2v) is 6.07. The number of rotatable bonds is 4. The Kier molecular flexibility index (Phi) is 4.95. The van der Waals surface area contributed by atoms with Crippen LogP contribution >= 0.6 is 0 Å². The van der Waals surface area contributed by atoms with Gasteiger partial charge in [-0.1, -0.05) is 5.16 Å². The highest BCUT2D eigenvalue weighted by atomic mass is 16.5. The maximum absolute atomic E-state index is 12.7. The zero-order valence-electron chi connectivity index (χ0n) is 13.6. The van der Waals surface area contributed by atoms with Gasteiger partial charge in [-0.15, -0.1) is 0 Å². The molecule has 0 spiro atoms. The maximum Gasteiger partial charge on any atom is 0.251 e. The third-order valence-corrected chi connectivity index (χ3v) is 4.42. The highest BCUT2D eigenvalue weighted by molar-refractivity contribution is 5.94. The van der Waals surface area contributed by atoms with Gasteiger partial charge in [0.05, 0.1) is 12.2 Å². The van der Waals surface area contributed by atoms with Gasteiger partial charge in [0.15, 0.2) is 5.82 Å². The van der Waals surface area contributed by atoms with Crippen LogP contribution in [0.2, 0.25) is 0 Å². The summed E-state index contributed by atoms with van der Waals surface area (Å²) < 4.78 is 16.2. The lowest BCUT2D eigenvalue weighted by Crippen LogP contribution is -2.37. The number of hydrogen-bond donors (Lipinski definition) is 1. The van der Waals surface area contributed by atoms with E-state index in [1.165, 1.54) is 0 Å². The largest absolute Gasteiger partial charge is 0.498 e. The highest BCUT2D eigenvalue weighted by Gasteiger charge is 2.32. The molecule has 1 amide bonds. The van der Waals surface area contributed by atoms with Crippen LogP contribution in [0.15, 0.2) is 15.9 Å². The van der Waals surface area contributed by atoms with Gasteiger partial charge in [-0.25, -0.2) is 0 Å². The Morgan fingerprint density at radius 2 is 2.04 bits per heavy atom. The van der Waals surface area contributed by atoms with E-state index in [2.05, 4.69) is 15.5 Å². The molecular weight excluding hydrogens is 298 g/mol. The Balaban J connectivity index is 1.79. The fraction of sp³-hybridized carbons (Fsp3) is 0.688. The van der Waals surface area contributed by atoms with Crippen molar-refractivity contribution in [2.75, 3.05) is 19.8 Å². The quantitative estimate of drug-likeness (QED) is 0.913. The third kappa shape index (κ3) is 3.72. The van der Waals surface area contributed by atoms with Crippen molar-refractivity contribution < 1.29 is 18.8 Å². The minimum atomic E-state index is -0.283. The zero-order chi connectivity index (χ0) is 16.2. The molecule has 1 aromatic heterocycles. The first-order valence-electron chi connectivity index (χ1n) is 8.16. The summed E-state index contributed by atoms with van der Waals surface area (Å²) in [6.45, 7) is 5.67. The normalized spacial score (nSPS) is 21.0. The predicted molar refractivity (Wildman–Crippen MR) is 81.3 cm³/mol. The van der Waals surface area contributed by atoms with Gasteiger partial charge in [0.25, 0.3) is 5.91 Å². The van der Waals surface area contributed by atoms with Crippen molar-refractivity contribution in [2.24, 2.45) is 5.92 Å². The smallest absolute Gasteiger partial charge is 0.251 e. The number of hydrogen-bond acceptors (Lipinski definition) is 6. The number of nitrogens with one attached hydrogen (secondary N) is 1. The first-order valence-corrected chi connectivity index (χ1v) is 8.16. The van der Waals surface area contributed by atoms with Gasteiger partial charge in [-0.05, 0) is 45.4 Å². The molecule has 7 nitrogen and oxygen atoms in total. The van der Waals surface area contributed by atoms with Crippen LogP contribution in [-0.4, -0.2) is 35.9 Å². The molecule has 0 radical (unpaired) electrons. The Morgan fingerprint density at radius 3 is 2.70 bits per heavy atom. The van der Waals surface area contributed by atoms with Gasteiger partial charge in [0.1, 0.15) is 11.8 Å². The van der Waals surface area contributed by atoms with Crippen molar-refractivity contribution in [3.63, 3.8) is 0 Å². The fourth-order valence-electron chi connectivity index (χ4n) is 3.11. The number of carbonyl (C=O) groups is 1. The summed E-state index contributed by atoms with van der Waals surface area (Å²) in [5.74, 6) is 1.88. The summed E-state index contributed by atoms with van der Waals surface area (Å²) in [6.07, 6.45) is 3.32. The van der Waals surface area contributed by atoms with Gasteiger partial charge in [0, 0.05) is 13.2 Å². The molecule has 126 valence electrons. The van der Waals surface area contributed by atoms with E-state index in [9.17, 15) is 4.79 Å². The monoisotopic (exact) mass is 321 g/mol. The van der Waals surface area contributed by atoms with Gasteiger partial charge in [-0.3, -0.25) is 4.79 Å². The van der Waals surface area contributed by atoms with Gasteiger partial charge >= 0.3 is 0 Å². The molecule has 7 heteroatoms. The Bertz CT molecular complexity index is 590. The van der Waals surface area contributed by atoms with Crippen LogP contribution in [0.5, 0.6) is 0 Å². The Hall–Kier alpha value is -1.89. The molecule has 0 aliphatic carbocycles. The molecule has 0 aromatic carbocycles. The summed E-state index contributed by atoms with van der Waals surface area (Å²) in [4.78, 5) is 17.0.